The van der Waals surface area contributed by atoms with Crippen LogP contribution in [-0.2, 0) is 14.8 Å². The van der Waals surface area contributed by atoms with Crippen LogP contribution >= 0.6 is 0 Å². The van der Waals surface area contributed by atoms with Crippen molar-refractivity contribution < 1.29 is 23.4 Å². The van der Waals surface area contributed by atoms with Crippen molar-refractivity contribution in [2.24, 2.45) is 0 Å². The Morgan fingerprint density at radius 1 is 1.27 bits per heavy atom. The minimum atomic E-state index is -3.88. The lowest BCUT2D eigenvalue weighted by atomic mass is 10.3. The van der Waals surface area contributed by atoms with E-state index in [4.69, 9.17) is 10.2 Å². The van der Waals surface area contributed by atoms with Crippen LogP contribution in [0.2, 0.25) is 0 Å². The van der Waals surface area contributed by atoms with Gasteiger partial charge in [-0.15, -0.1) is 0 Å². The molecule has 0 heterocycles. The van der Waals surface area contributed by atoms with E-state index in [1.165, 1.54) is 24.3 Å². The minimum Gasteiger partial charge on any atom is -0.508 e. The van der Waals surface area contributed by atoms with Crippen molar-refractivity contribution in [2.75, 3.05) is 10.5 Å². The van der Waals surface area contributed by atoms with Crippen LogP contribution in [0.5, 0.6) is 5.75 Å². The number of aromatic hydroxyl groups is 1. The number of phenols is 1. The molecule has 3 N–H and O–H groups in total. The predicted molar refractivity (Wildman–Crippen MR) is 53.2 cm³/mol. The molecule has 82 valence electrons. The van der Waals surface area contributed by atoms with Crippen molar-refractivity contribution in [3.8, 4) is 5.75 Å². The van der Waals surface area contributed by atoms with Crippen LogP contribution in [0.4, 0.5) is 5.69 Å². The Bertz CT molecular complexity index is 450. The van der Waals surface area contributed by atoms with Gasteiger partial charge in [-0.3, -0.25) is 9.52 Å². The number of anilines is 1. The number of carbonyl (C=O) groups is 1. The van der Waals surface area contributed by atoms with Crippen molar-refractivity contribution in [1.82, 2.24) is 0 Å². The SMILES string of the molecule is O=C(O)CS(=O)(=O)Nc1ccc(O)cc1. The quantitative estimate of drug-likeness (QED) is 0.643. The van der Waals surface area contributed by atoms with Gasteiger partial charge in [-0.25, -0.2) is 8.42 Å². The summed E-state index contributed by atoms with van der Waals surface area (Å²) in [7, 11) is -3.88. The molecule has 1 aromatic carbocycles. The highest BCUT2D eigenvalue weighted by molar-refractivity contribution is 7.93. The molecular formula is C8H9NO5S. The van der Waals surface area contributed by atoms with E-state index in [0.717, 1.165) is 0 Å². The first-order valence-corrected chi connectivity index (χ1v) is 5.55. The van der Waals surface area contributed by atoms with Crippen LogP contribution in [0.25, 0.3) is 0 Å². The fourth-order valence-electron chi connectivity index (χ4n) is 0.908. The van der Waals surface area contributed by atoms with Gasteiger partial charge in [0.25, 0.3) is 0 Å². The van der Waals surface area contributed by atoms with Crippen LogP contribution in [0.3, 0.4) is 0 Å². The van der Waals surface area contributed by atoms with Gasteiger partial charge in [0.2, 0.25) is 10.0 Å². The average Bonchev–Trinajstić information content (AvgIpc) is 2.06. The molecule has 0 aliphatic heterocycles. The molecule has 0 bridgehead atoms. The molecule has 0 unspecified atom stereocenters. The van der Waals surface area contributed by atoms with E-state index in [0.29, 0.717) is 0 Å². The Kier molecular flexibility index (Phi) is 3.15. The van der Waals surface area contributed by atoms with Gasteiger partial charge in [-0.2, -0.15) is 0 Å². The molecule has 0 radical (unpaired) electrons. The highest BCUT2D eigenvalue weighted by atomic mass is 32.2. The maximum atomic E-state index is 11.1. The molecule has 1 aromatic rings. The molecule has 0 aromatic heterocycles. The van der Waals surface area contributed by atoms with Gasteiger partial charge < -0.3 is 10.2 Å². The van der Waals surface area contributed by atoms with Gasteiger partial charge in [0.05, 0.1) is 0 Å². The average molecular weight is 231 g/mol. The number of benzene rings is 1. The molecule has 0 spiro atoms. The summed E-state index contributed by atoms with van der Waals surface area (Å²) in [6.07, 6.45) is 0. The second-order valence-electron chi connectivity index (χ2n) is 2.80. The normalized spacial score (nSPS) is 10.9. The van der Waals surface area contributed by atoms with Crippen LogP contribution < -0.4 is 4.72 Å². The minimum absolute atomic E-state index is 0.00353. The molecule has 0 saturated heterocycles. The number of aliphatic carboxylic acids is 1. The molecule has 0 saturated carbocycles. The number of nitrogens with one attached hydrogen (secondary N) is 1. The summed E-state index contributed by atoms with van der Waals surface area (Å²) in [5, 5.41) is 17.2. The summed E-state index contributed by atoms with van der Waals surface area (Å²) in [6, 6.07) is 5.24. The van der Waals surface area contributed by atoms with E-state index in [-0.39, 0.29) is 11.4 Å². The van der Waals surface area contributed by atoms with Crippen LogP contribution in [-0.4, -0.2) is 30.4 Å². The van der Waals surface area contributed by atoms with E-state index in [2.05, 4.69) is 4.72 Å². The number of rotatable bonds is 4. The molecule has 1 rings (SSSR count). The van der Waals surface area contributed by atoms with E-state index >= 15 is 0 Å². The van der Waals surface area contributed by atoms with Gasteiger partial charge in [0, 0.05) is 5.69 Å². The molecule has 6 nitrogen and oxygen atoms in total. The summed E-state index contributed by atoms with van der Waals surface area (Å²) in [4.78, 5) is 10.2. The number of sulfonamides is 1. The highest BCUT2D eigenvalue weighted by Gasteiger charge is 2.15. The van der Waals surface area contributed by atoms with E-state index in [1.807, 2.05) is 0 Å². The number of hydrogen-bond donors (Lipinski definition) is 3. The monoisotopic (exact) mass is 231 g/mol. The third-order valence-corrected chi connectivity index (χ3v) is 2.63. The Labute approximate surface area is 86.2 Å². The molecule has 0 aliphatic carbocycles. The number of carboxylic acid groups (broad SMARTS) is 1. The van der Waals surface area contributed by atoms with Gasteiger partial charge in [0.1, 0.15) is 5.75 Å². The fourth-order valence-corrected chi connectivity index (χ4v) is 1.80. The lowest BCUT2D eigenvalue weighted by Gasteiger charge is -2.05. The lowest BCUT2D eigenvalue weighted by Crippen LogP contribution is -2.22. The standard InChI is InChI=1S/C8H9NO5S/c10-7-3-1-6(2-4-7)9-15(13,14)5-8(11)12/h1-4,9-10H,5H2,(H,11,12). The summed E-state index contributed by atoms with van der Waals surface area (Å²) in [5.41, 5.74) is 0.203. The van der Waals surface area contributed by atoms with Crippen LogP contribution in [0, 0.1) is 0 Å². The van der Waals surface area contributed by atoms with Crippen molar-refractivity contribution in [3.63, 3.8) is 0 Å². The van der Waals surface area contributed by atoms with Crippen molar-refractivity contribution in [3.05, 3.63) is 24.3 Å². The third kappa shape index (κ3) is 3.86. The lowest BCUT2D eigenvalue weighted by molar-refractivity contribution is -0.134. The zero-order valence-electron chi connectivity index (χ0n) is 7.54. The second-order valence-corrected chi connectivity index (χ2v) is 4.52. The maximum Gasteiger partial charge on any atom is 0.320 e. The summed E-state index contributed by atoms with van der Waals surface area (Å²) in [5.74, 6) is -2.43. The number of hydrogen-bond acceptors (Lipinski definition) is 4. The molecule has 7 heteroatoms. The molecule has 0 amide bonds. The largest absolute Gasteiger partial charge is 0.508 e. The topological polar surface area (TPSA) is 104 Å². The van der Waals surface area contributed by atoms with Gasteiger partial charge >= 0.3 is 5.97 Å². The second kappa shape index (κ2) is 4.18. The van der Waals surface area contributed by atoms with Crippen LogP contribution in [0.1, 0.15) is 0 Å². The summed E-state index contributed by atoms with van der Waals surface area (Å²) >= 11 is 0. The summed E-state index contributed by atoms with van der Waals surface area (Å²) in [6.45, 7) is 0. The maximum absolute atomic E-state index is 11.1. The zero-order valence-corrected chi connectivity index (χ0v) is 8.36. The smallest absolute Gasteiger partial charge is 0.320 e. The first-order chi connectivity index (χ1) is 6.89. The fraction of sp³-hybridized carbons (Fsp3) is 0.125. The molecule has 0 aliphatic rings. The third-order valence-electron chi connectivity index (χ3n) is 1.45. The molecular weight excluding hydrogens is 222 g/mol. The van der Waals surface area contributed by atoms with Crippen molar-refractivity contribution in [2.45, 2.75) is 0 Å². The highest BCUT2D eigenvalue weighted by Crippen LogP contribution is 2.14. The molecule has 0 atom stereocenters. The Balaban J connectivity index is 2.78. The Hall–Kier alpha value is -1.76. The first kappa shape index (κ1) is 11.3. The molecule has 15 heavy (non-hydrogen) atoms. The number of carboxylic acids is 1. The van der Waals surface area contributed by atoms with E-state index in [9.17, 15) is 13.2 Å². The Morgan fingerprint density at radius 3 is 2.27 bits per heavy atom. The Morgan fingerprint density at radius 2 is 1.80 bits per heavy atom. The zero-order chi connectivity index (χ0) is 11.5. The van der Waals surface area contributed by atoms with Crippen molar-refractivity contribution in [1.29, 1.82) is 0 Å². The molecule has 0 fully saturated rings. The van der Waals surface area contributed by atoms with E-state index < -0.39 is 21.7 Å². The van der Waals surface area contributed by atoms with Gasteiger partial charge in [-0.05, 0) is 24.3 Å². The van der Waals surface area contributed by atoms with Crippen LogP contribution in [0.15, 0.2) is 24.3 Å². The summed E-state index contributed by atoms with van der Waals surface area (Å²) < 4.78 is 24.3. The van der Waals surface area contributed by atoms with Gasteiger partial charge in [0.15, 0.2) is 5.75 Å². The first-order valence-electron chi connectivity index (χ1n) is 3.90. The predicted octanol–water partition coefficient (Wildman–Crippen LogP) is 0.218. The van der Waals surface area contributed by atoms with Crippen molar-refractivity contribution >= 4 is 21.7 Å². The van der Waals surface area contributed by atoms with E-state index in [1.54, 1.807) is 0 Å². The number of phenolic OH excluding ortho intramolecular Hbond substituents is 1. The van der Waals surface area contributed by atoms with Gasteiger partial charge in [-0.1, -0.05) is 0 Å².